The Morgan fingerprint density at radius 3 is 2.88 bits per heavy atom. The summed E-state index contributed by atoms with van der Waals surface area (Å²) in [4.78, 5) is 0. The molecule has 0 amide bonds. The summed E-state index contributed by atoms with van der Waals surface area (Å²) < 4.78 is 1.34. The Labute approximate surface area is 100 Å². The van der Waals surface area contributed by atoms with Crippen molar-refractivity contribution in [3.63, 3.8) is 0 Å². The molecule has 3 atom stereocenters. The van der Waals surface area contributed by atoms with Crippen molar-refractivity contribution in [1.29, 1.82) is 0 Å². The van der Waals surface area contributed by atoms with Crippen molar-refractivity contribution >= 4 is 0 Å². The third kappa shape index (κ3) is 1.27. The number of nitrogens with zero attached hydrogens (tertiary/aromatic N) is 1. The zero-order chi connectivity index (χ0) is 11.4. The molecule has 16 heavy (non-hydrogen) atoms. The maximum atomic E-state index is 2.57. The molecule has 0 unspecified atom stereocenters. The number of rotatable bonds is 0. The highest BCUT2D eigenvalue weighted by Crippen LogP contribution is 2.50. The van der Waals surface area contributed by atoms with E-state index < -0.39 is 0 Å². The number of hydrogen-bond acceptors (Lipinski definition) is 0. The van der Waals surface area contributed by atoms with Crippen LogP contribution in [-0.4, -0.2) is 30.2 Å². The van der Waals surface area contributed by atoms with Crippen LogP contribution in [-0.2, 0) is 0 Å². The van der Waals surface area contributed by atoms with E-state index in [9.17, 15) is 0 Å². The molecular formula is C15H26N+. The molecule has 0 aromatic carbocycles. The summed E-state index contributed by atoms with van der Waals surface area (Å²) in [6.45, 7) is 7.83. The first-order valence-electron chi connectivity index (χ1n) is 7.11. The van der Waals surface area contributed by atoms with Gasteiger partial charge in [0.15, 0.2) is 0 Å². The standard InChI is InChI=1S/C15H26N/c1-12-7-9-15(2)14-6-4-5-13(14)8-10-16(15,3)11-12/h12H,4-11H2,1-3H3/q+1/t12-,15-,16-/m1/s1. The van der Waals surface area contributed by atoms with Gasteiger partial charge in [-0.25, -0.2) is 0 Å². The predicted molar refractivity (Wildman–Crippen MR) is 68.2 cm³/mol. The summed E-state index contributed by atoms with van der Waals surface area (Å²) in [6.07, 6.45) is 8.54. The maximum absolute atomic E-state index is 2.57. The molecule has 0 spiro atoms. The van der Waals surface area contributed by atoms with E-state index in [0.717, 1.165) is 5.92 Å². The number of piperidine rings is 1. The topological polar surface area (TPSA) is 0 Å². The van der Waals surface area contributed by atoms with E-state index in [4.69, 9.17) is 0 Å². The minimum absolute atomic E-state index is 0.511. The molecule has 0 N–H and O–H groups in total. The molecule has 1 fully saturated rings. The molecule has 1 aliphatic carbocycles. The minimum atomic E-state index is 0.511. The summed E-state index contributed by atoms with van der Waals surface area (Å²) in [7, 11) is 2.53. The second-order valence-electron chi connectivity index (χ2n) is 6.91. The van der Waals surface area contributed by atoms with Gasteiger partial charge in [0.1, 0.15) is 5.54 Å². The monoisotopic (exact) mass is 220 g/mol. The van der Waals surface area contributed by atoms with E-state index in [1.807, 2.05) is 11.1 Å². The fourth-order valence-corrected chi connectivity index (χ4v) is 4.71. The van der Waals surface area contributed by atoms with Crippen LogP contribution in [0.25, 0.3) is 0 Å². The molecule has 1 nitrogen and oxygen atoms in total. The maximum Gasteiger partial charge on any atom is 0.118 e. The lowest BCUT2D eigenvalue weighted by Crippen LogP contribution is -2.67. The highest BCUT2D eigenvalue weighted by atomic mass is 15.4. The minimum Gasteiger partial charge on any atom is -0.317 e. The third-order valence-corrected chi connectivity index (χ3v) is 5.92. The van der Waals surface area contributed by atoms with Crippen LogP contribution in [0.4, 0.5) is 0 Å². The van der Waals surface area contributed by atoms with E-state index in [1.54, 1.807) is 0 Å². The van der Waals surface area contributed by atoms with Gasteiger partial charge in [-0.15, -0.1) is 0 Å². The Bertz CT molecular complexity index is 343. The molecule has 3 rings (SSSR count). The van der Waals surface area contributed by atoms with E-state index in [2.05, 4.69) is 20.9 Å². The highest BCUT2D eigenvalue weighted by Gasteiger charge is 2.53. The summed E-state index contributed by atoms with van der Waals surface area (Å²) in [5, 5.41) is 0. The van der Waals surface area contributed by atoms with Crippen LogP contribution in [0.2, 0.25) is 0 Å². The van der Waals surface area contributed by atoms with Crippen LogP contribution in [0.3, 0.4) is 0 Å². The fourth-order valence-electron chi connectivity index (χ4n) is 4.71. The van der Waals surface area contributed by atoms with Crippen molar-refractivity contribution in [1.82, 2.24) is 0 Å². The second kappa shape index (κ2) is 3.35. The molecule has 0 radical (unpaired) electrons. The van der Waals surface area contributed by atoms with Gasteiger partial charge in [0.05, 0.1) is 20.1 Å². The van der Waals surface area contributed by atoms with E-state index in [1.165, 1.54) is 56.1 Å². The summed E-state index contributed by atoms with van der Waals surface area (Å²) >= 11 is 0. The quantitative estimate of drug-likeness (QED) is 0.433. The molecule has 0 saturated carbocycles. The van der Waals surface area contributed by atoms with Crippen LogP contribution in [0.1, 0.15) is 52.4 Å². The first-order chi connectivity index (χ1) is 7.55. The normalized spacial score (nSPS) is 47.8. The van der Waals surface area contributed by atoms with Crippen molar-refractivity contribution in [2.45, 2.75) is 57.9 Å². The van der Waals surface area contributed by atoms with E-state index in [0.29, 0.717) is 5.54 Å². The Balaban J connectivity index is 2.02. The molecule has 1 heteroatoms. The lowest BCUT2D eigenvalue weighted by molar-refractivity contribution is -0.961. The van der Waals surface area contributed by atoms with Gasteiger partial charge in [0, 0.05) is 18.8 Å². The number of hydrogen-bond donors (Lipinski definition) is 0. The number of likely N-dealkylation sites (N-methyl/N-ethyl adjacent to an activating group) is 1. The SMILES string of the molecule is C[C@@H]1CC[C@]2(C)C3=C(CCC3)CC[N@+]2(C)C1. The Morgan fingerprint density at radius 1 is 1.25 bits per heavy atom. The van der Waals surface area contributed by atoms with Crippen molar-refractivity contribution in [3.05, 3.63) is 11.1 Å². The molecule has 3 aliphatic rings. The lowest BCUT2D eigenvalue weighted by atomic mass is 9.72. The Kier molecular flexibility index (Phi) is 2.27. The third-order valence-electron chi connectivity index (χ3n) is 5.92. The zero-order valence-corrected chi connectivity index (χ0v) is 11.2. The Hall–Kier alpha value is -0.300. The van der Waals surface area contributed by atoms with Crippen molar-refractivity contribution in [2.24, 2.45) is 5.92 Å². The first-order valence-corrected chi connectivity index (χ1v) is 7.11. The van der Waals surface area contributed by atoms with Gasteiger partial charge in [-0.2, -0.15) is 0 Å². The van der Waals surface area contributed by atoms with Crippen LogP contribution in [0, 0.1) is 5.92 Å². The largest absolute Gasteiger partial charge is 0.317 e. The van der Waals surface area contributed by atoms with Gasteiger partial charge in [-0.05, 0) is 38.2 Å². The number of fused-ring (bicyclic) bond motifs is 2. The van der Waals surface area contributed by atoms with Crippen LogP contribution < -0.4 is 0 Å². The summed E-state index contributed by atoms with van der Waals surface area (Å²) in [5.41, 5.74) is 4.25. The predicted octanol–water partition coefficient (Wildman–Crippen LogP) is 3.51. The average molecular weight is 220 g/mol. The van der Waals surface area contributed by atoms with Gasteiger partial charge in [-0.3, -0.25) is 0 Å². The molecule has 0 aromatic rings. The van der Waals surface area contributed by atoms with Crippen molar-refractivity contribution in [2.75, 3.05) is 20.1 Å². The Morgan fingerprint density at radius 2 is 2.06 bits per heavy atom. The number of quaternary nitrogens is 1. The van der Waals surface area contributed by atoms with E-state index >= 15 is 0 Å². The molecule has 1 saturated heterocycles. The van der Waals surface area contributed by atoms with Crippen LogP contribution >= 0.6 is 0 Å². The van der Waals surface area contributed by atoms with Gasteiger partial charge in [0.25, 0.3) is 0 Å². The first kappa shape index (κ1) is 10.8. The van der Waals surface area contributed by atoms with Gasteiger partial charge < -0.3 is 4.48 Å². The smallest absolute Gasteiger partial charge is 0.118 e. The van der Waals surface area contributed by atoms with Crippen molar-refractivity contribution < 1.29 is 4.48 Å². The summed E-state index contributed by atoms with van der Waals surface area (Å²) in [6, 6.07) is 0. The van der Waals surface area contributed by atoms with Crippen LogP contribution in [0.15, 0.2) is 11.1 Å². The van der Waals surface area contributed by atoms with Gasteiger partial charge in [0.2, 0.25) is 0 Å². The lowest BCUT2D eigenvalue weighted by Gasteiger charge is -2.57. The van der Waals surface area contributed by atoms with E-state index in [-0.39, 0.29) is 0 Å². The van der Waals surface area contributed by atoms with Crippen molar-refractivity contribution in [3.8, 4) is 0 Å². The molecule has 2 heterocycles. The van der Waals surface area contributed by atoms with Crippen LogP contribution in [0.5, 0.6) is 0 Å². The highest BCUT2D eigenvalue weighted by molar-refractivity contribution is 5.30. The van der Waals surface area contributed by atoms with Gasteiger partial charge >= 0.3 is 0 Å². The van der Waals surface area contributed by atoms with Gasteiger partial charge in [-0.1, -0.05) is 12.5 Å². The molecule has 0 aromatic heterocycles. The second-order valence-corrected chi connectivity index (χ2v) is 6.91. The summed E-state index contributed by atoms with van der Waals surface area (Å²) in [5.74, 6) is 0.932. The molecule has 2 aliphatic heterocycles. The molecule has 0 bridgehead atoms. The molecule has 90 valence electrons. The average Bonchev–Trinajstić information content (AvgIpc) is 2.70. The molecular weight excluding hydrogens is 194 g/mol. The zero-order valence-electron chi connectivity index (χ0n) is 11.2. The fraction of sp³-hybridized carbons (Fsp3) is 0.867.